The number of hydrogen-bond acceptors (Lipinski definition) is 4. The molecule has 0 aromatic heterocycles. The summed E-state index contributed by atoms with van der Waals surface area (Å²) in [5, 5.41) is 8.90. The van der Waals surface area contributed by atoms with Crippen LogP contribution >= 0.6 is 11.8 Å². The lowest BCUT2D eigenvalue weighted by molar-refractivity contribution is 0.0524. The number of ether oxygens (including phenoxy) is 1. The van der Waals surface area contributed by atoms with Crippen molar-refractivity contribution in [2.45, 2.75) is 11.8 Å². The topological polar surface area (TPSA) is 63.6 Å². The predicted molar refractivity (Wildman–Crippen MR) is 61.1 cm³/mol. The second-order valence-electron chi connectivity index (χ2n) is 2.94. The van der Waals surface area contributed by atoms with Gasteiger partial charge in [0.05, 0.1) is 17.7 Å². The highest BCUT2D eigenvalue weighted by molar-refractivity contribution is 7.98. The number of hydrogen-bond donors (Lipinski definition) is 1. The molecule has 1 N–H and O–H groups in total. The van der Waals surface area contributed by atoms with Crippen molar-refractivity contribution in [1.29, 1.82) is 0 Å². The zero-order chi connectivity index (χ0) is 12.1. The third-order valence-corrected chi connectivity index (χ3v) is 2.72. The van der Waals surface area contributed by atoms with Gasteiger partial charge in [-0.05, 0) is 31.4 Å². The van der Waals surface area contributed by atoms with Crippen LogP contribution in [0.2, 0.25) is 0 Å². The SMILES string of the molecule is CCOC(=O)c1ccc(C(=O)O)c(SC)c1. The Morgan fingerprint density at radius 1 is 1.44 bits per heavy atom. The first-order valence-corrected chi connectivity index (χ1v) is 5.91. The first kappa shape index (κ1) is 12.6. The Hall–Kier alpha value is -1.49. The molecule has 16 heavy (non-hydrogen) atoms. The van der Waals surface area contributed by atoms with Crippen LogP contribution < -0.4 is 0 Å². The Morgan fingerprint density at radius 2 is 2.12 bits per heavy atom. The maximum atomic E-state index is 11.4. The van der Waals surface area contributed by atoms with E-state index in [-0.39, 0.29) is 5.56 Å². The zero-order valence-corrected chi connectivity index (χ0v) is 9.84. The minimum Gasteiger partial charge on any atom is -0.478 e. The molecule has 0 radical (unpaired) electrons. The Balaban J connectivity index is 3.08. The van der Waals surface area contributed by atoms with Gasteiger partial charge in [0.25, 0.3) is 0 Å². The van der Waals surface area contributed by atoms with Crippen LogP contribution in [0.25, 0.3) is 0 Å². The molecule has 0 saturated carbocycles. The molecule has 0 saturated heterocycles. The summed E-state index contributed by atoms with van der Waals surface area (Å²) in [6, 6.07) is 4.41. The van der Waals surface area contributed by atoms with Crippen molar-refractivity contribution in [2.24, 2.45) is 0 Å². The van der Waals surface area contributed by atoms with Crippen molar-refractivity contribution in [2.75, 3.05) is 12.9 Å². The lowest BCUT2D eigenvalue weighted by Gasteiger charge is -2.06. The number of esters is 1. The third kappa shape index (κ3) is 2.76. The van der Waals surface area contributed by atoms with E-state index < -0.39 is 11.9 Å². The molecule has 0 aliphatic rings. The Kier molecular flexibility index (Phi) is 4.37. The second kappa shape index (κ2) is 5.55. The summed E-state index contributed by atoms with van der Waals surface area (Å²) in [7, 11) is 0. The molecule has 0 fully saturated rings. The number of benzene rings is 1. The fourth-order valence-corrected chi connectivity index (χ4v) is 1.83. The molecular weight excluding hydrogens is 228 g/mol. The molecule has 0 spiro atoms. The molecule has 0 amide bonds. The van der Waals surface area contributed by atoms with E-state index in [4.69, 9.17) is 9.84 Å². The number of carbonyl (C=O) groups excluding carboxylic acids is 1. The summed E-state index contributed by atoms with van der Waals surface area (Å²) in [5.74, 6) is -1.44. The van der Waals surface area contributed by atoms with E-state index >= 15 is 0 Å². The number of thioether (sulfide) groups is 1. The Bertz CT molecular complexity index is 414. The molecular formula is C11H12O4S. The van der Waals surface area contributed by atoms with Gasteiger partial charge in [0.2, 0.25) is 0 Å². The zero-order valence-electron chi connectivity index (χ0n) is 9.02. The van der Waals surface area contributed by atoms with E-state index in [1.165, 1.54) is 30.0 Å². The highest BCUT2D eigenvalue weighted by Gasteiger charge is 2.13. The summed E-state index contributed by atoms with van der Waals surface area (Å²) in [5.41, 5.74) is 0.566. The van der Waals surface area contributed by atoms with Gasteiger partial charge in [0.1, 0.15) is 0 Å². The minimum atomic E-state index is -1.00. The highest BCUT2D eigenvalue weighted by atomic mass is 32.2. The van der Waals surface area contributed by atoms with Gasteiger partial charge in [0, 0.05) is 4.90 Å². The van der Waals surface area contributed by atoms with E-state index in [1.807, 2.05) is 0 Å². The van der Waals surface area contributed by atoms with E-state index in [0.717, 1.165) is 0 Å². The maximum Gasteiger partial charge on any atom is 0.338 e. The number of carboxylic acids is 1. The molecule has 0 aliphatic carbocycles. The number of rotatable bonds is 4. The Morgan fingerprint density at radius 3 is 2.62 bits per heavy atom. The minimum absolute atomic E-state index is 0.195. The molecule has 1 aromatic rings. The van der Waals surface area contributed by atoms with Gasteiger partial charge in [-0.1, -0.05) is 0 Å². The summed E-state index contributed by atoms with van der Waals surface area (Å²) < 4.78 is 4.83. The normalized spacial score (nSPS) is 9.88. The second-order valence-corrected chi connectivity index (χ2v) is 3.79. The summed E-state index contributed by atoms with van der Waals surface area (Å²) in [6.45, 7) is 2.02. The average molecular weight is 240 g/mol. The van der Waals surface area contributed by atoms with E-state index in [2.05, 4.69) is 0 Å². The fraction of sp³-hybridized carbons (Fsp3) is 0.273. The van der Waals surface area contributed by atoms with Crippen LogP contribution in [0.4, 0.5) is 0 Å². The van der Waals surface area contributed by atoms with Crippen LogP contribution in [-0.4, -0.2) is 29.9 Å². The van der Waals surface area contributed by atoms with Gasteiger partial charge in [-0.15, -0.1) is 11.8 Å². The number of carboxylic acid groups (broad SMARTS) is 1. The molecule has 5 heteroatoms. The summed E-state index contributed by atoms with van der Waals surface area (Å²) in [4.78, 5) is 22.8. The van der Waals surface area contributed by atoms with Crippen LogP contribution in [0, 0.1) is 0 Å². The number of aromatic carboxylic acids is 1. The molecule has 1 rings (SSSR count). The number of carbonyl (C=O) groups is 2. The standard InChI is InChI=1S/C11H12O4S/c1-3-15-11(14)7-4-5-8(10(12)13)9(6-7)16-2/h4-6H,3H2,1-2H3,(H,12,13). The fourth-order valence-electron chi connectivity index (χ4n) is 1.21. The van der Waals surface area contributed by atoms with Crippen LogP contribution in [0.1, 0.15) is 27.6 Å². The van der Waals surface area contributed by atoms with Gasteiger partial charge in [-0.2, -0.15) is 0 Å². The maximum absolute atomic E-state index is 11.4. The average Bonchev–Trinajstić information content (AvgIpc) is 2.28. The van der Waals surface area contributed by atoms with Gasteiger partial charge < -0.3 is 9.84 Å². The molecule has 86 valence electrons. The van der Waals surface area contributed by atoms with E-state index in [1.54, 1.807) is 13.2 Å². The third-order valence-electron chi connectivity index (χ3n) is 1.94. The van der Waals surface area contributed by atoms with Gasteiger partial charge in [-0.25, -0.2) is 9.59 Å². The first-order chi connectivity index (χ1) is 7.60. The summed E-state index contributed by atoms with van der Waals surface area (Å²) >= 11 is 1.28. The van der Waals surface area contributed by atoms with Crippen molar-refractivity contribution in [3.63, 3.8) is 0 Å². The molecule has 0 bridgehead atoms. The largest absolute Gasteiger partial charge is 0.478 e. The monoisotopic (exact) mass is 240 g/mol. The molecule has 4 nitrogen and oxygen atoms in total. The Labute approximate surface area is 97.6 Å². The van der Waals surface area contributed by atoms with Crippen LogP contribution in [0.3, 0.4) is 0 Å². The van der Waals surface area contributed by atoms with Crippen molar-refractivity contribution < 1.29 is 19.4 Å². The van der Waals surface area contributed by atoms with Gasteiger partial charge in [-0.3, -0.25) is 0 Å². The lowest BCUT2D eigenvalue weighted by atomic mass is 10.1. The predicted octanol–water partition coefficient (Wildman–Crippen LogP) is 2.28. The summed E-state index contributed by atoms with van der Waals surface area (Å²) in [6.07, 6.45) is 1.76. The van der Waals surface area contributed by atoms with Gasteiger partial charge >= 0.3 is 11.9 Å². The smallest absolute Gasteiger partial charge is 0.338 e. The highest BCUT2D eigenvalue weighted by Crippen LogP contribution is 2.22. The van der Waals surface area contributed by atoms with Crippen LogP contribution in [0.15, 0.2) is 23.1 Å². The quantitative estimate of drug-likeness (QED) is 0.646. The lowest BCUT2D eigenvalue weighted by Crippen LogP contribution is -2.06. The molecule has 0 atom stereocenters. The molecule has 0 aliphatic heterocycles. The molecule has 1 aromatic carbocycles. The van der Waals surface area contributed by atoms with Crippen molar-refractivity contribution in [3.8, 4) is 0 Å². The van der Waals surface area contributed by atoms with Crippen molar-refractivity contribution in [3.05, 3.63) is 29.3 Å². The van der Waals surface area contributed by atoms with E-state index in [9.17, 15) is 9.59 Å². The first-order valence-electron chi connectivity index (χ1n) is 4.68. The van der Waals surface area contributed by atoms with Crippen molar-refractivity contribution >= 4 is 23.7 Å². The molecule has 0 unspecified atom stereocenters. The van der Waals surface area contributed by atoms with Crippen LogP contribution in [-0.2, 0) is 4.74 Å². The molecule has 0 heterocycles. The van der Waals surface area contributed by atoms with E-state index in [0.29, 0.717) is 17.1 Å². The van der Waals surface area contributed by atoms with Crippen LogP contribution in [0.5, 0.6) is 0 Å². The van der Waals surface area contributed by atoms with Gasteiger partial charge in [0.15, 0.2) is 0 Å². The van der Waals surface area contributed by atoms with Crippen molar-refractivity contribution in [1.82, 2.24) is 0 Å².